The zero-order valence-corrected chi connectivity index (χ0v) is 12.4. The Morgan fingerprint density at radius 2 is 0.650 bits per heavy atom. The Kier molecular flexibility index (Phi) is 5.07. The molecule has 0 saturated heterocycles. The molecule has 0 aliphatic rings. The van der Waals surface area contributed by atoms with Gasteiger partial charge < -0.3 is 0 Å². The number of hydrogen-bond donors (Lipinski definition) is 0. The van der Waals surface area contributed by atoms with Crippen molar-refractivity contribution in [3.05, 3.63) is 114 Å². The van der Waals surface area contributed by atoms with Gasteiger partial charge in [-0.05, 0) is 72.8 Å². The maximum Gasteiger partial charge on any atom is 3.00 e. The molecule has 0 saturated carbocycles. The van der Waals surface area contributed by atoms with Crippen LogP contribution in [-0.4, -0.2) is 17.4 Å². The third kappa shape index (κ3) is 3.14. The van der Waals surface area contributed by atoms with Crippen LogP contribution in [0.25, 0.3) is 0 Å². The fourth-order valence-corrected chi connectivity index (χ4v) is 2.31. The Bertz CT molecular complexity index is 524. The van der Waals surface area contributed by atoms with Crippen LogP contribution in [0.5, 0.6) is 0 Å². The molecule has 0 heterocycles. The van der Waals surface area contributed by atoms with Gasteiger partial charge in [0.15, 0.2) is 0 Å². The van der Waals surface area contributed by atoms with Crippen molar-refractivity contribution in [2.75, 3.05) is 0 Å². The van der Waals surface area contributed by atoms with Gasteiger partial charge in [-0.25, -0.2) is 0 Å². The summed E-state index contributed by atoms with van der Waals surface area (Å²) in [6, 6.07) is 31.6. The first-order chi connectivity index (χ1) is 9.45. The van der Waals surface area contributed by atoms with Crippen LogP contribution < -0.4 is 0 Å². The second-order valence-electron chi connectivity index (χ2n) is 4.47. The summed E-state index contributed by atoms with van der Waals surface area (Å²) in [4.78, 5) is 0. The van der Waals surface area contributed by atoms with Crippen LogP contribution in [0.3, 0.4) is 0 Å². The van der Waals surface area contributed by atoms with Crippen LogP contribution in [0.4, 0.5) is 0 Å². The normalized spacial score (nSPS) is 9.60. The summed E-state index contributed by atoms with van der Waals surface area (Å²) in [5.41, 5.74) is 3.75. The topological polar surface area (TPSA) is 0 Å². The van der Waals surface area contributed by atoms with Crippen LogP contribution in [0, 0.1) is 5.92 Å². The first-order valence-corrected chi connectivity index (χ1v) is 6.48. The van der Waals surface area contributed by atoms with Crippen LogP contribution in [0.15, 0.2) is 91.0 Å². The van der Waals surface area contributed by atoms with Gasteiger partial charge in [0.2, 0.25) is 0 Å². The molecule has 3 rings (SSSR count). The van der Waals surface area contributed by atoms with Gasteiger partial charge >= 0.3 is 17.4 Å². The second kappa shape index (κ2) is 7.01. The van der Waals surface area contributed by atoms with Gasteiger partial charge in [-0.2, -0.15) is 0 Å². The van der Waals surface area contributed by atoms with E-state index < -0.39 is 0 Å². The van der Waals surface area contributed by atoms with Crippen molar-refractivity contribution in [1.82, 2.24) is 0 Å². The third-order valence-electron chi connectivity index (χ3n) is 3.19. The van der Waals surface area contributed by atoms with Gasteiger partial charge in [0.05, 0.1) is 22.6 Å². The summed E-state index contributed by atoms with van der Waals surface area (Å²) in [6.45, 7) is 0. The average molecular weight is 270 g/mol. The minimum absolute atomic E-state index is 0. The van der Waals surface area contributed by atoms with Crippen molar-refractivity contribution in [3.8, 4) is 0 Å². The monoisotopic (exact) mass is 270 g/mol. The average Bonchev–Trinajstić information content (AvgIpc) is 2.51. The predicted octanol–water partition coefficient (Wildman–Crippen LogP) is 4.32. The zero-order valence-electron chi connectivity index (χ0n) is 11.2. The zero-order chi connectivity index (χ0) is 12.9. The summed E-state index contributed by atoms with van der Waals surface area (Å²) in [7, 11) is 0. The Morgan fingerprint density at radius 3 is 0.900 bits per heavy atom. The summed E-state index contributed by atoms with van der Waals surface area (Å²) < 4.78 is 0. The molecule has 1 heteroatoms. The molecule has 20 heavy (non-hydrogen) atoms. The van der Waals surface area contributed by atoms with Crippen molar-refractivity contribution >= 4 is 17.4 Å². The summed E-state index contributed by atoms with van der Waals surface area (Å²) in [5, 5.41) is 0. The molecule has 3 aromatic rings. The molecule has 0 nitrogen and oxygen atoms in total. The first kappa shape index (κ1) is 14.5. The van der Waals surface area contributed by atoms with Crippen molar-refractivity contribution in [2.24, 2.45) is 0 Å². The van der Waals surface area contributed by atoms with E-state index in [1.807, 2.05) is 0 Å². The van der Waals surface area contributed by atoms with E-state index >= 15 is 0 Å². The molecule has 0 bridgehead atoms. The van der Waals surface area contributed by atoms with Crippen molar-refractivity contribution in [2.45, 2.75) is 0 Å². The van der Waals surface area contributed by atoms with Gasteiger partial charge in [0.25, 0.3) is 0 Å². The molecule has 90 valence electrons. The quantitative estimate of drug-likeness (QED) is 0.377. The number of benzene rings is 3. The fraction of sp³-hybridized carbons (Fsp3) is 0. The van der Waals surface area contributed by atoms with E-state index in [-0.39, 0.29) is 17.4 Å². The molecule has 0 aliphatic carbocycles. The molecule has 0 N–H and O–H groups in total. The summed E-state index contributed by atoms with van der Waals surface area (Å²) >= 11 is 0. The van der Waals surface area contributed by atoms with Crippen LogP contribution >= 0.6 is 0 Å². The molecular formula is C19H15Al+4. The number of hydrogen-bond acceptors (Lipinski definition) is 0. The molecule has 0 unspecified atom stereocenters. The van der Waals surface area contributed by atoms with E-state index in [0.29, 0.717) is 0 Å². The summed E-state index contributed by atoms with van der Waals surface area (Å²) in [5.74, 6) is 1.28. The van der Waals surface area contributed by atoms with E-state index in [9.17, 15) is 0 Å². The Labute approximate surface area is 131 Å². The second-order valence-corrected chi connectivity index (χ2v) is 4.47. The van der Waals surface area contributed by atoms with Crippen LogP contribution in [0.1, 0.15) is 16.7 Å². The molecule has 3 aromatic carbocycles. The third-order valence-corrected chi connectivity index (χ3v) is 3.19. The van der Waals surface area contributed by atoms with E-state index in [1.54, 1.807) is 0 Å². The maximum atomic E-state index is 2.16. The SMILES string of the molecule is [Al+3].c1ccc([C+](c2ccccc2)c2ccccc2)cc1. The maximum absolute atomic E-state index is 2.16. The number of rotatable bonds is 3. The van der Waals surface area contributed by atoms with E-state index in [1.165, 1.54) is 22.6 Å². The molecule has 0 fully saturated rings. The van der Waals surface area contributed by atoms with Crippen LogP contribution in [-0.2, 0) is 0 Å². The standard InChI is InChI=1S/C19H15.Al/c1-4-10-16(11-5-1)19(17-12-6-2-7-13-17)18-14-8-3-9-15-18;/h1-15H;/q+1;+3. The van der Waals surface area contributed by atoms with E-state index in [0.717, 1.165) is 0 Å². The van der Waals surface area contributed by atoms with Gasteiger partial charge in [0, 0.05) is 0 Å². The molecular weight excluding hydrogens is 255 g/mol. The smallest absolute Gasteiger partial charge is 0.0511 e. The Morgan fingerprint density at radius 1 is 0.400 bits per heavy atom. The molecule has 0 radical (unpaired) electrons. The largest absolute Gasteiger partial charge is 3.00 e. The van der Waals surface area contributed by atoms with Gasteiger partial charge in [-0.1, -0.05) is 18.2 Å². The predicted molar refractivity (Wildman–Crippen MR) is 85.6 cm³/mol. The Balaban J connectivity index is 0.00000147. The van der Waals surface area contributed by atoms with Crippen molar-refractivity contribution in [3.63, 3.8) is 0 Å². The molecule has 0 aliphatic heterocycles. The molecule has 0 atom stereocenters. The molecule has 0 aromatic heterocycles. The first-order valence-electron chi connectivity index (χ1n) is 6.48. The summed E-state index contributed by atoms with van der Waals surface area (Å²) in [6.07, 6.45) is 0. The molecule has 0 spiro atoms. The van der Waals surface area contributed by atoms with E-state index in [2.05, 4.69) is 91.0 Å². The van der Waals surface area contributed by atoms with Gasteiger partial charge in [0.1, 0.15) is 0 Å². The van der Waals surface area contributed by atoms with Crippen molar-refractivity contribution in [1.29, 1.82) is 0 Å². The minimum atomic E-state index is 0. The fourth-order valence-electron chi connectivity index (χ4n) is 2.31. The van der Waals surface area contributed by atoms with E-state index in [4.69, 9.17) is 0 Å². The van der Waals surface area contributed by atoms with Crippen molar-refractivity contribution < 1.29 is 0 Å². The molecule has 0 amide bonds. The minimum Gasteiger partial charge on any atom is -0.0511 e. The van der Waals surface area contributed by atoms with Gasteiger partial charge in [-0.3, -0.25) is 0 Å². The van der Waals surface area contributed by atoms with Gasteiger partial charge in [-0.15, -0.1) is 0 Å². The Hall–Kier alpha value is -1.94. The van der Waals surface area contributed by atoms with Crippen LogP contribution in [0.2, 0.25) is 0 Å².